The molecule has 1 aromatic heterocycles. The quantitative estimate of drug-likeness (QED) is 0.311. The van der Waals surface area contributed by atoms with Gasteiger partial charge in [0.2, 0.25) is 11.9 Å². The molecule has 0 saturated heterocycles. The predicted molar refractivity (Wildman–Crippen MR) is 173 cm³/mol. The highest BCUT2D eigenvalue weighted by molar-refractivity contribution is 5.97. The van der Waals surface area contributed by atoms with E-state index >= 15 is 0 Å². The summed E-state index contributed by atoms with van der Waals surface area (Å²) in [6.07, 6.45) is 5.10. The van der Waals surface area contributed by atoms with Crippen molar-refractivity contribution in [2.24, 2.45) is 5.41 Å². The predicted octanol–water partition coefficient (Wildman–Crippen LogP) is 5.67. The molecule has 3 heterocycles. The van der Waals surface area contributed by atoms with Gasteiger partial charge in [-0.25, -0.2) is 0 Å². The third kappa shape index (κ3) is 10.6. The van der Waals surface area contributed by atoms with Gasteiger partial charge in [-0.1, -0.05) is 45.2 Å². The number of fused-ring (bicyclic) bond motifs is 11. The number of carbonyl (C=O) groups is 1. The lowest BCUT2D eigenvalue weighted by molar-refractivity contribution is 0.0925. The van der Waals surface area contributed by atoms with Gasteiger partial charge in [-0.2, -0.15) is 15.0 Å². The van der Waals surface area contributed by atoms with Crippen LogP contribution in [0.2, 0.25) is 0 Å². The summed E-state index contributed by atoms with van der Waals surface area (Å²) in [5, 5.41) is 9.61. The lowest BCUT2D eigenvalue weighted by atomic mass is 9.93. The number of carbonyl (C=O) groups excluding carboxylic acids is 1. The van der Waals surface area contributed by atoms with Gasteiger partial charge in [0.1, 0.15) is 11.5 Å². The summed E-state index contributed by atoms with van der Waals surface area (Å²) in [6.45, 7) is 9.67. The first-order valence-corrected chi connectivity index (χ1v) is 15.5. The van der Waals surface area contributed by atoms with Crippen LogP contribution in [0.5, 0.6) is 17.5 Å². The summed E-state index contributed by atoms with van der Waals surface area (Å²) in [5.41, 5.74) is 2.15. The minimum atomic E-state index is -0.169. The molecule has 0 fully saturated rings. The smallest absolute Gasteiger partial charge is 0.323 e. The largest absolute Gasteiger partial charge is 0.494 e. The van der Waals surface area contributed by atoms with Gasteiger partial charge in [0, 0.05) is 31.4 Å². The summed E-state index contributed by atoms with van der Waals surface area (Å²) < 4.78 is 17.8. The van der Waals surface area contributed by atoms with Crippen LogP contribution in [0.25, 0.3) is 0 Å². The van der Waals surface area contributed by atoms with E-state index in [1.165, 1.54) is 0 Å². The normalized spacial score (nSPS) is 14.6. The van der Waals surface area contributed by atoms with Gasteiger partial charge in [0.05, 0.1) is 25.4 Å². The first-order valence-electron chi connectivity index (χ1n) is 15.5. The number of ether oxygens (including phenoxy) is 3. The number of anilines is 3. The molecule has 0 spiro atoms. The zero-order chi connectivity index (χ0) is 31.4. The second-order valence-corrected chi connectivity index (χ2v) is 12.1. The van der Waals surface area contributed by atoms with Crippen molar-refractivity contribution in [2.75, 3.05) is 57.6 Å². The number of nitrogens with one attached hydrogen (secondary N) is 3. The maximum Gasteiger partial charge on any atom is 0.323 e. The lowest BCUT2D eigenvalue weighted by Crippen LogP contribution is -2.40. The standard InChI is InChI=1S/C33H47N7O4/c1-6-42-32-38-30-34-21-24-12-15-26(16-13-24)43-18-10-8-7-9-11-19-44-28-20-25(36-31(37-30)39-32)14-17-27(28)29(41)35-22-33(2,3)23-40(4)5/h12-17,20H,6-11,18-19,21-23H2,1-5H3,(H,35,41)(H2,34,36,37,38,39). The molecule has 2 aliphatic rings. The van der Waals surface area contributed by atoms with Crippen LogP contribution in [-0.4, -0.2) is 72.8 Å². The number of nitrogens with zero attached hydrogens (tertiary/aromatic N) is 4. The van der Waals surface area contributed by atoms with E-state index in [0.717, 1.165) is 50.0 Å². The number of aromatic nitrogens is 3. The highest BCUT2D eigenvalue weighted by Crippen LogP contribution is 2.27. The highest BCUT2D eigenvalue weighted by Gasteiger charge is 2.22. The molecule has 2 aliphatic heterocycles. The Bertz CT molecular complexity index is 1350. The topological polar surface area (TPSA) is 123 Å². The van der Waals surface area contributed by atoms with Crippen molar-refractivity contribution in [3.8, 4) is 17.5 Å². The van der Waals surface area contributed by atoms with Crippen LogP contribution in [0.3, 0.4) is 0 Å². The van der Waals surface area contributed by atoms with Crippen LogP contribution in [0.1, 0.15) is 68.8 Å². The number of hydrogen-bond donors (Lipinski definition) is 3. The second kappa shape index (κ2) is 16.1. The Morgan fingerprint density at radius 3 is 2.39 bits per heavy atom. The molecule has 1 amide bonds. The van der Waals surface area contributed by atoms with Crippen LogP contribution in [0.4, 0.5) is 17.6 Å². The Balaban J connectivity index is 1.57. The fraction of sp³-hybridized carbons (Fsp3) is 0.515. The maximum absolute atomic E-state index is 13.3. The summed E-state index contributed by atoms with van der Waals surface area (Å²) in [7, 11) is 4.07. The van der Waals surface area contributed by atoms with Crippen LogP contribution in [-0.2, 0) is 6.54 Å². The Hall–Kier alpha value is -4.12. The summed E-state index contributed by atoms with van der Waals surface area (Å²) >= 11 is 0. The molecule has 0 atom stereocenters. The van der Waals surface area contributed by atoms with Gasteiger partial charge in [0.25, 0.3) is 5.91 Å². The average molecular weight is 606 g/mol. The molecule has 5 rings (SSSR count). The Labute approximate surface area is 261 Å². The molecule has 0 radical (unpaired) electrons. The fourth-order valence-electron chi connectivity index (χ4n) is 5.04. The van der Waals surface area contributed by atoms with Gasteiger partial charge >= 0.3 is 6.01 Å². The minimum absolute atomic E-state index is 0.0860. The number of amides is 1. The first-order chi connectivity index (χ1) is 21.2. The molecule has 238 valence electrons. The number of rotatable bonds is 7. The van der Waals surface area contributed by atoms with Gasteiger partial charge in [-0.15, -0.1) is 0 Å². The van der Waals surface area contributed by atoms with Gasteiger partial charge < -0.3 is 35.1 Å². The first kappa shape index (κ1) is 32.8. The van der Waals surface area contributed by atoms with Crippen LogP contribution in [0.15, 0.2) is 42.5 Å². The van der Waals surface area contributed by atoms with E-state index in [1.807, 2.05) is 57.4 Å². The number of hydrogen-bond acceptors (Lipinski definition) is 10. The van der Waals surface area contributed by atoms with E-state index in [4.69, 9.17) is 14.2 Å². The van der Waals surface area contributed by atoms with Crippen molar-refractivity contribution < 1.29 is 19.0 Å². The van der Waals surface area contributed by atoms with E-state index in [2.05, 4.69) is 49.6 Å². The van der Waals surface area contributed by atoms with Crippen molar-refractivity contribution >= 4 is 23.5 Å². The molecule has 3 aromatic rings. The third-order valence-corrected chi connectivity index (χ3v) is 7.03. The van der Waals surface area contributed by atoms with E-state index in [9.17, 15) is 4.79 Å². The molecule has 3 N–H and O–H groups in total. The van der Waals surface area contributed by atoms with E-state index in [-0.39, 0.29) is 17.3 Å². The Morgan fingerprint density at radius 1 is 0.955 bits per heavy atom. The molecule has 11 heteroatoms. The third-order valence-electron chi connectivity index (χ3n) is 7.03. The second-order valence-electron chi connectivity index (χ2n) is 12.1. The molecule has 44 heavy (non-hydrogen) atoms. The van der Waals surface area contributed by atoms with E-state index in [1.54, 1.807) is 6.07 Å². The molecular formula is C33H47N7O4. The van der Waals surface area contributed by atoms with Gasteiger partial charge in [0.15, 0.2) is 0 Å². The Morgan fingerprint density at radius 2 is 1.66 bits per heavy atom. The fourth-order valence-corrected chi connectivity index (χ4v) is 5.04. The maximum atomic E-state index is 13.3. The molecule has 6 bridgehead atoms. The summed E-state index contributed by atoms with van der Waals surface area (Å²) in [6, 6.07) is 13.7. The van der Waals surface area contributed by atoms with Crippen LogP contribution in [0, 0.1) is 5.41 Å². The minimum Gasteiger partial charge on any atom is -0.494 e. The zero-order valence-electron chi connectivity index (χ0n) is 26.7. The highest BCUT2D eigenvalue weighted by atomic mass is 16.5. The van der Waals surface area contributed by atoms with Crippen molar-refractivity contribution in [3.05, 3.63) is 53.6 Å². The molecule has 0 aliphatic carbocycles. The zero-order valence-corrected chi connectivity index (χ0v) is 26.7. The van der Waals surface area contributed by atoms with Gasteiger partial charge in [-0.05, 0) is 69.1 Å². The lowest BCUT2D eigenvalue weighted by Gasteiger charge is -2.28. The summed E-state index contributed by atoms with van der Waals surface area (Å²) in [4.78, 5) is 28.9. The van der Waals surface area contributed by atoms with Crippen molar-refractivity contribution in [1.29, 1.82) is 0 Å². The molecule has 0 saturated carbocycles. The Kier molecular flexibility index (Phi) is 12.0. The number of benzene rings is 2. The van der Waals surface area contributed by atoms with E-state index < -0.39 is 0 Å². The molecule has 2 aromatic carbocycles. The SMILES string of the molecule is CCOc1nc2nc(n1)Nc1ccc(C(=O)NCC(C)(C)CN(C)C)c(c1)OCCCCCCCOc1ccc(cc1)CN2. The van der Waals surface area contributed by atoms with E-state index in [0.29, 0.717) is 61.8 Å². The summed E-state index contributed by atoms with van der Waals surface area (Å²) in [5.74, 6) is 1.88. The molecular weight excluding hydrogens is 558 g/mol. The molecule has 11 nitrogen and oxygen atoms in total. The van der Waals surface area contributed by atoms with Crippen LogP contribution < -0.4 is 30.2 Å². The van der Waals surface area contributed by atoms with Crippen molar-refractivity contribution in [1.82, 2.24) is 25.2 Å². The van der Waals surface area contributed by atoms with Crippen molar-refractivity contribution in [2.45, 2.75) is 59.4 Å². The monoisotopic (exact) mass is 605 g/mol. The van der Waals surface area contributed by atoms with Crippen LogP contribution >= 0.6 is 0 Å². The van der Waals surface area contributed by atoms with Gasteiger partial charge in [-0.3, -0.25) is 4.79 Å². The molecule has 0 unspecified atom stereocenters. The average Bonchev–Trinajstić information content (AvgIpc) is 2.98. The van der Waals surface area contributed by atoms with Crippen molar-refractivity contribution in [3.63, 3.8) is 0 Å².